The van der Waals surface area contributed by atoms with E-state index in [1.165, 1.54) is 0 Å². The van der Waals surface area contributed by atoms with E-state index in [0.717, 1.165) is 22.6 Å². The first-order valence-electron chi connectivity index (χ1n) is 5.64. The van der Waals surface area contributed by atoms with E-state index in [0.29, 0.717) is 0 Å². The molecule has 0 saturated heterocycles. The monoisotopic (exact) mass is 277 g/mol. The predicted octanol–water partition coefficient (Wildman–Crippen LogP) is 3.69. The fourth-order valence-corrected chi connectivity index (χ4v) is 1.70. The van der Waals surface area contributed by atoms with Crippen LogP contribution in [0.3, 0.4) is 0 Å². The highest BCUT2D eigenvalue weighted by atomic mass is 35.5. The van der Waals surface area contributed by atoms with E-state index in [-0.39, 0.29) is 12.4 Å². The first-order valence-corrected chi connectivity index (χ1v) is 5.64. The van der Waals surface area contributed by atoms with Crippen molar-refractivity contribution in [2.75, 3.05) is 14.2 Å². The molecule has 0 fully saturated rings. The molecule has 1 heterocycles. The molecule has 3 nitrogen and oxygen atoms in total. The maximum Gasteiger partial charge on any atom is 0.167 e. The van der Waals surface area contributed by atoms with Crippen LogP contribution in [0, 0.1) is 0 Å². The molecule has 2 aromatic rings. The molecule has 0 N–H and O–H groups in total. The molecule has 0 amide bonds. The summed E-state index contributed by atoms with van der Waals surface area (Å²) < 4.78 is 10.6. The minimum absolute atomic E-state index is 0. The van der Waals surface area contributed by atoms with Crippen molar-refractivity contribution in [3.05, 3.63) is 53.9 Å². The number of hydrogen-bond acceptors (Lipinski definition) is 3. The molecular formula is C15H16ClNO2. The first kappa shape index (κ1) is 15.1. The van der Waals surface area contributed by atoms with Gasteiger partial charge in [0.1, 0.15) is 0 Å². The number of halogens is 1. The number of ether oxygens (including phenoxy) is 2. The maximum atomic E-state index is 5.37. The van der Waals surface area contributed by atoms with E-state index < -0.39 is 0 Å². The zero-order valence-electron chi connectivity index (χ0n) is 10.9. The van der Waals surface area contributed by atoms with Crippen LogP contribution in [0.25, 0.3) is 12.2 Å². The molecule has 1 aromatic carbocycles. The number of benzene rings is 1. The van der Waals surface area contributed by atoms with Crippen LogP contribution < -0.4 is 9.47 Å². The molecule has 2 rings (SSSR count). The summed E-state index contributed by atoms with van der Waals surface area (Å²) in [7, 11) is 3.27. The summed E-state index contributed by atoms with van der Waals surface area (Å²) >= 11 is 0. The van der Waals surface area contributed by atoms with Gasteiger partial charge in [0, 0.05) is 18.0 Å². The van der Waals surface area contributed by atoms with Crippen LogP contribution in [0.4, 0.5) is 0 Å². The second-order valence-corrected chi connectivity index (χ2v) is 3.70. The molecule has 0 aliphatic carbocycles. The van der Waals surface area contributed by atoms with Gasteiger partial charge in [-0.2, -0.15) is 0 Å². The Balaban J connectivity index is 0.00000180. The minimum Gasteiger partial charge on any atom is -0.493 e. The normalized spacial score (nSPS) is 10.0. The molecule has 0 radical (unpaired) electrons. The second-order valence-electron chi connectivity index (χ2n) is 3.70. The van der Waals surface area contributed by atoms with Crippen LogP contribution in [-0.2, 0) is 0 Å². The van der Waals surface area contributed by atoms with Crippen molar-refractivity contribution in [2.45, 2.75) is 0 Å². The molecule has 1 aromatic heterocycles. The van der Waals surface area contributed by atoms with Crippen LogP contribution >= 0.6 is 12.4 Å². The van der Waals surface area contributed by atoms with E-state index in [1.807, 2.05) is 42.5 Å². The standard InChI is InChI=1S/C15H15NO2.ClH/c1-17-14-5-3-4-13(15(14)18-2)7-6-12-8-10-16-11-9-12;/h3-11H,1-2H3;1H/b7-6+;. The van der Waals surface area contributed by atoms with Crippen molar-refractivity contribution in [3.63, 3.8) is 0 Å². The lowest BCUT2D eigenvalue weighted by Crippen LogP contribution is -1.92. The molecular weight excluding hydrogens is 262 g/mol. The SMILES string of the molecule is COc1cccc(/C=C/c2ccncc2)c1OC.Cl. The first-order chi connectivity index (χ1) is 8.85. The minimum atomic E-state index is 0. The molecule has 100 valence electrons. The van der Waals surface area contributed by atoms with Gasteiger partial charge in [0.15, 0.2) is 11.5 Å². The second kappa shape index (κ2) is 7.44. The fourth-order valence-electron chi connectivity index (χ4n) is 1.70. The Morgan fingerprint density at radius 3 is 2.32 bits per heavy atom. The highest BCUT2D eigenvalue weighted by Gasteiger charge is 2.06. The number of aromatic nitrogens is 1. The topological polar surface area (TPSA) is 31.4 Å². The lowest BCUT2D eigenvalue weighted by molar-refractivity contribution is 0.354. The molecule has 0 aliphatic rings. The number of para-hydroxylation sites is 1. The summed E-state index contributed by atoms with van der Waals surface area (Å²) in [4.78, 5) is 3.98. The van der Waals surface area contributed by atoms with E-state index in [2.05, 4.69) is 4.98 Å². The Hall–Kier alpha value is -2.00. The quantitative estimate of drug-likeness (QED) is 0.854. The van der Waals surface area contributed by atoms with Gasteiger partial charge in [-0.05, 0) is 23.8 Å². The van der Waals surface area contributed by atoms with Crippen molar-refractivity contribution < 1.29 is 9.47 Å². The van der Waals surface area contributed by atoms with Crippen LogP contribution in [-0.4, -0.2) is 19.2 Å². The lowest BCUT2D eigenvalue weighted by atomic mass is 10.1. The third-order valence-electron chi connectivity index (χ3n) is 2.59. The summed E-state index contributed by atoms with van der Waals surface area (Å²) in [5.41, 5.74) is 2.07. The van der Waals surface area contributed by atoms with Gasteiger partial charge in [0.05, 0.1) is 14.2 Å². The van der Waals surface area contributed by atoms with Crippen molar-refractivity contribution in [1.82, 2.24) is 4.98 Å². The van der Waals surface area contributed by atoms with Crippen molar-refractivity contribution >= 4 is 24.6 Å². The number of nitrogens with zero attached hydrogens (tertiary/aromatic N) is 1. The molecule has 4 heteroatoms. The van der Waals surface area contributed by atoms with Crippen LogP contribution in [0.2, 0.25) is 0 Å². The van der Waals surface area contributed by atoms with E-state index >= 15 is 0 Å². The van der Waals surface area contributed by atoms with Gasteiger partial charge in [0.25, 0.3) is 0 Å². The zero-order valence-corrected chi connectivity index (χ0v) is 11.7. The van der Waals surface area contributed by atoms with Gasteiger partial charge in [-0.1, -0.05) is 24.3 Å². The smallest absolute Gasteiger partial charge is 0.167 e. The Labute approximate surface area is 119 Å². The summed E-state index contributed by atoms with van der Waals surface area (Å²) in [5, 5.41) is 0. The third kappa shape index (κ3) is 3.73. The maximum absolute atomic E-state index is 5.37. The summed E-state index contributed by atoms with van der Waals surface area (Å²) in [5.74, 6) is 1.47. The number of rotatable bonds is 4. The molecule has 0 aliphatic heterocycles. The summed E-state index contributed by atoms with van der Waals surface area (Å²) in [6, 6.07) is 9.70. The largest absolute Gasteiger partial charge is 0.493 e. The third-order valence-corrected chi connectivity index (χ3v) is 2.59. The molecule has 0 spiro atoms. The molecule has 0 saturated carbocycles. The average Bonchev–Trinajstić information content (AvgIpc) is 2.45. The average molecular weight is 278 g/mol. The van der Waals surface area contributed by atoms with Gasteiger partial charge in [-0.25, -0.2) is 0 Å². The van der Waals surface area contributed by atoms with Crippen LogP contribution in [0.5, 0.6) is 11.5 Å². The highest BCUT2D eigenvalue weighted by molar-refractivity contribution is 5.85. The van der Waals surface area contributed by atoms with E-state index in [9.17, 15) is 0 Å². The Kier molecular flexibility index (Phi) is 5.90. The fraction of sp³-hybridized carbons (Fsp3) is 0.133. The number of pyridine rings is 1. The molecule has 19 heavy (non-hydrogen) atoms. The molecule has 0 unspecified atom stereocenters. The lowest BCUT2D eigenvalue weighted by Gasteiger charge is -2.09. The number of methoxy groups -OCH3 is 2. The predicted molar refractivity (Wildman–Crippen MR) is 80.0 cm³/mol. The summed E-state index contributed by atoms with van der Waals surface area (Å²) in [6.07, 6.45) is 7.54. The highest BCUT2D eigenvalue weighted by Crippen LogP contribution is 2.31. The van der Waals surface area contributed by atoms with Gasteiger partial charge >= 0.3 is 0 Å². The number of hydrogen-bond donors (Lipinski definition) is 0. The summed E-state index contributed by atoms with van der Waals surface area (Å²) in [6.45, 7) is 0. The molecule has 0 bridgehead atoms. The molecule has 0 atom stereocenters. The van der Waals surface area contributed by atoms with Crippen LogP contribution in [0.1, 0.15) is 11.1 Å². The van der Waals surface area contributed by atoms with Crippen molar-refractivity contribution in [1.29, 1.82) is 0 Å². The van der Waals surface area contributed by atoms with Crippen molar-refractivity contribution in [2.24, 2.45) is 0 Å². The van der Waals surface area contributed by atoms with Gasteiger partial charge in [0.2, 0.25) is 0 Å². The van der Waals surface area contributed by atoms with E-state index in [4.69, 9.17) is 9.47 Å². The van der Waals surface area contributed by atoms with Gasteiger partial charge in [-0.3, -0.25) is 4.98 Å². The van der Waals surface area contributed by atoms with Crippen molar-refractivity contribution in [3.8, 4) is 11.5 Å². The zero-order chi connectivity index (χ0) is 12.8. The van der Waals surface area contributed by atoms with E-state index in [1.54, 1.807) is 26.6 Å². The Bertz CT molecular complexity index is 541. The van der Waals surface area contributed by atoms with Crippen LogP contribution in [0.15, 0.2) is 42.7 Å². The van der Waals surface area contributed by atoms with Gasteiger partial charge < -0.3 is 9.47 Å². The Morgan fingerprint density at radius 2 is 1.68 bits per heavy atom. The van der Waals surface area contributed by atoms with Gasteiger partial charge in [-0.15, -0.1) is 12.4 Å². The Morgan fingerprint density at radius 1 is 0.947 bits per heavy atom.